The Hall–Kier alpha value is -3.05. The van der Waals surface area contributed by atoms with E-state index in [2.05, 4.69) is 64.5 Å². The Bertz CT molecular complexity index is 1180. The quantitative estimate of drug-likeness (QED) is 0.507. The first-order chi connectivity index (χ1) is 16.5. The van der Waals surface area contributed by atoms with E-state index >= 15 is 0 Å². The number of carboxylic acids is 1. The number of halogens is 3. The number of carbonyl (C=O) groups is 2. The Balaban J connectivity index is 0.000000429. The van der Waals surface area contributed by atoms with Crippen molar-refractivity contribution in [1.82, 2.24) is 19.4 Å². The molecule has 0 aliphatic carbocycles. The number of carbonyl (C=O) groups excluding carboxylic acids is 1. The predicted molar refractivity (Wildman–Crippen MR) is 127 cm³/mol. The van der Waals surface area contributed by atoms with Crippen LogP contribution >= 0.6 is 0 Å². The molecule has 3 aromatic rings. The summed E-state index contributed by atoms with van der Waals surface area (Å²) in [5.41, 5.74) is 4.19. The van der Waals surface area contributed by atoms with Gasteiger partial charge in [0.1, 0.15) is 5.69 Å². The Labute approximate surface area is 201 Å². The Morgan fingerprint density at radius 2 is 1.77 bits per heavy atom. The van der Waals surface area contributed by atoms with Crippen LogP contribution in [0.15, 0.2) is 30.3 Å². The van der Waals surface area contributed by atoms with Crippen LogP contribution < -0.4 is 5.32 Å². The maximum absolute atomic E-state index is 13.0. The first kappa shape index (κ1) is 26.6. The molecular weight excluding hydrogens is 465 g/mol. The minimum absolute atomic E-state index is 0.0101. The standard InChI is InChI=1S/C22H30N4O2.C2HF3O2/c1-16(2)26-20(22(27)23-9-6-10-25-11-13-28-14-12-25)15-19-21(26)17-7-4-5-8-18(17)24(19)3;3-2(4,5)1(6)7/h4-5,7-8,15-16H,6,9-14H2,1-3H3,(H,23,27);(H,6,7). The molecule has 1 aromatic carbocycles. The molecule has 1 aliphatic rings. The largest absolute Gasteiger partial charge is 0.490 e. The molecule has 1 aliphatic heterocycles. The van der Waals surface area contributed by atoms with Gasteiger partial charge in [-0.2, -0.15) is 13.2 Å². The van der Waals surface area contributed by atoms with Crippen LogP contribution in [-0.2, 0) is 16.6 Å². The first-order valence-corrected chi connectivity index (χ1v) is 11.5. The van der Waals surface area contributed by atoms with Crippen molar-refractivity contribution >= 4 is 33.8 Å². The van der Waals surface area contributed by atoms with Crippen LogP contribution in [0, 0.1) is 0 Å². The SMILES string of the molecule is CC(C)n1c(C(=O)NCCCN2CCOCC2)cc2c1c1ccccc1n2C.O=C(O)C(F)(F)F. The number of aryl methyl sites for hydroxylation is 1. The van der Waals surface area contributed by atoms with E-state index in [1.807, 2.05) is 6.07 Å². The second kappa shape index (κ2) is 11.1. The molecule has 3 heterocycles. The van der Waals surface area contributed by atoms with E-state index < -0.39 is 12.1 Å². The van der Waals surface area contributed by atoms with Gasteiger partial charge < -0.3 is 24.3 Å². The van der Waals surface area contributed by atoms with Gasteiger partial charge in [-0.3, -0.25) is 9.69 Å². The third-order valence-corrected chi connectivity index (χ3v) is 5.93. The fraction of sp³-hybridized carbons (Fsp3) is 0.500. The number of aliphatic carboxylic acids is 1. The van der Waals surface area contributed by atoms with Gasteiger partial charge in [-0.1, -0.05) is 18.2 Å². The van der Waals surface area contributed by atoms with Crippen molar-refractivity contribution in [2.45, 2.75) is 32.5 Å². The summed E-state index contributed by atoms with van der Waals surface area (Å²) in [6.07, 6.45) is -4.13. The topological polar surface area (TPSA) is 88.7 Å². The van der Waals surface area contributed by atoms with Gasteiger partial charge in [0.15, 0.2) is 0 Å². The summed E-state index contributed by atoms with van der Waals surface area (Å²) in [5, 5.41) is 11.4. The van der Waals surface area contributed by atoms with Gasteiger partial charge >= 0.3 is 12.1 Å². The Kier molecular flexibility index (Phi) is 8.44. The van der Waals surface area contributed by atoms with E-state index in [0.29, 0.717) is 6.54 Å². The molecule has 1 saturated heterocycles. The number of fused-ring (bicyclic) bond motifs is 3. The number of ether oxygens (including phenoxy) is 1. The van der Waals surface area contributed by atoms with E-state index in [1.54, 1.807) is 0 Å². The normalized spacial score (nSPS) is 14.8. The molecule has 4 rings (SSSR count). The van der Waals surface area contributed by atoms with Crippen LogP contribution in [0.2, 0.25) is 0 Å². The highest BCUT2D eigenvalue weighted by atomic mass is 19.4. The Morgan fingerprint density at radius 1 is 1.14 bits per heavy atom. The lowest BCUT2D eigenvalue weighted by Gasteiger charge is -2.26. The van der Waals surface area contributed by atoms with Gasteiger partial charge in [0.2, 0.25) is 0 Å². The number of alkyl halides is 3. The molecule has 1 amide bonds. The highest BCUT2D eigenvalue weighted by Gasteiger charge is 2.38. The van der Waals surface area contributed by atoms with E-state index in [9.17, 15) is 18.0 Å². The summed E-state index contributed by atoms with van der Waals surface area (Å²) in [5.74, 6) is -2.75. The number of aromatic nitrogens is 2. The van der Waals surface area contributed by atoms with Crippen molar-refractivity contribution in [1.29, 1.82) is 0 Å². The van der Waals surface area contributed by atoms with Crippen LogP contribution in [0.4, 0.5) is 13.2 Å². The van der Waals surface area contributed by atoms with E-state index in [1.165, 1.54) is 10.9 Å². The van der Waals surface area contributed by atoms with Gasteiger partial charge in [-0.05, 0) is 38.9 Å². The molecule has 0 radical (unpaired) electrons. The molecule has 0 saturated carbocycles. The zero-order valence-electron chi connectivity index (χ0n) is 20.1. The average Bonchev–Trinajstić information content (AvgIpc) is 3.34. The van der Waals surface area contributed by atoms with E-state index in [0.717, 1.165) is 56.0 Å². The number of hydrogen-bond donors (Lipinski definition) is 2. The second-order valence-corrected chi connectivity index (χ2v) is 8.67. The third-order valence-electron chi connectivity index (χ3n) is 5.93. The monoisotopic (exact) mass is 496 g/mol. The van der Waals surface area contributed by atoms with Crippen molar-refractivity contribution in [3.63, 3.8) is 0 Å². The van der Waals surface area contributed by atoms with Crippen molar-refractivity contribution in [2.24, 2.45) is 7.05 Å². The molecule has 2 N–H and O–H groups in total. The highest BCUT2D eigenvalue weighted by Crippen LogP contribution is 2.33. The molecule has 2 aromatic heterocycles. The van der Waals surface area contributed by atoms with Crippen molar-refractivity contribution in [3.8, 4) is 0 Å². The fourth-order valence-corrected chi connectivity index (χ4v) is 4.26. The summed E-state index contributed by atoms with van der Waals surface area (Å²) in [7, 11) is 2.07. The number of benzene rings is 1. The number of nitrogens with zero attached hydrogens (tertiary/aromatic N) is 3. The summed E-state index contributed by atoms with van der Waals surface area (Å²) in [4.78, 5) is 24.3. The maximum atomic E-state index is 13.0. The lowest BCUT2D eigenvalue weighted by atomic mass is 10.2. The van der Waals surface area contributed by atoms with Crippen LogP contribution in [-0.4, -0.2) is 76.6 Å². The number of rotatable bonds is 6. The number of para-hydroxylation sites is 1. The van der Waals surface area contributed by atoms with Crippen LogP contribution in [0.3, 0.4) is 0 Å². The third kappa shape index (κ3) is 6.15. The minimum atomic E-state index is -5.08. The molecule has 0 unspecified atom stereocenters. The minimum Gasteiger partial charge on any atom is -0.475 e. The molecule has 0 atom stereocenters. The number of morpholine rings is 1. The van der Waals surface area contributed by atoms with Gasteiger partial charge in [-0.15, -0.1) is 0 Å². The molecule has 11 heteroatoms. The zero-order chi connectivity index (χ0) is 25.8. The van der Waals surface area contributed by atoms with Gasteiger partial charge in [0.25, 0.3) is 5.91 Å². The summed E-state index contributed by atoms with van der Waals surface area (Å²) < 4.78 is 41.5. The predicted octanol–water partition coefficient (Wildman–Crippen LogP) is 3.80. The summed E-state index contributed by atoms with van der Waals surface area (Å²) in [6, 6.07) is 10.6. The van der Waals surface area contributed by atoms with Crippen LogP contribution in [0.5, 0.6) is 0 Å². The van der Waals surface area contributed by atoms with E-state index in [-0.39, 0.29) is 11.9 Å². The molecule has 35 heavy (non-hydrogen) atoms. The fourth-order valence-electron chi connectivity index (χ4n) is 4.26. The zero-order valence-corrected chi connectivity index (χ0v) is 20.1. The number of amides is 1. The van der Waals surface area contributed by atoms with Crippen molar-refractivity contribution in [2.75, 3.05) is 39.4 Å². The Morgan fingerprint density at radius 3 is 2.37 bits per heavy atom. The molecule has 1 fully saturated rings. The lowest BCUT2D eigenvalue weighted by Crippen LogP contribution is -2.38. The molecular formula is C24H31F3N4O4. The van der Waals surface area contributed by atoms with Crippen LogP contribution in [0.1, 0.15) is 36.8 Å². The summed E-state index contributed by atoms with van der Waals surface area (Å²) >= 11 is 0. The average molecular weight is 497 g/mol. The second-order valence-electron chi connectivity index (χ2n) is 8.67. The first-order valence-electron chi connectivity index (χ1n) is 11.5. The van der Waals surface area contributed by atoms with Gasteiger partial charge in [-0.25, -0.2) is 4.79 Å². The van der Waals surface area contributed by atoms with Crippen LogP contribution in [0.25, 0.3) is 21.9 Å². The number of carboxylic acid groups (broad SMARTS) is 1. The molecule has 192 valence electrons. The number of nitrogens with one attached hydrogen (secondary N) is 1. The highest BCUT2D eigenvalue weighted by molar-refractivity contribution is 6.10. The van der Waals surface area contributed by atoms with Gasteiger partial charge in [0, 0.05) is 38.1 Å². The van der Waals surface area contributed by atoms with Crippen molar-refractivity contribution < 1.29 is 32.6 Å². The molecule has 0 spiro atoms. The smallest absolute Gasteiger partial charge is 0.475 e. The van der Waals surface area contributed by atoms with Gasteiger partial charge in [0.05, 0.1) is 29.8 Å². The lowest BCUT2D eigenvalue weighted by molar-refractivity contribution is -0.192. The molecule has 0 bridgehead atoms. The van der Waals surface area contributed by atoms with Crippen molar-refractivity contribution in [3.05, 3.63) is 36.0 Å². The molecule has 8 nitrogen and oxygen atoms in total. The maximum Gasteiger partial charge on any atom is 0.490 e. The number of hydrogen-bond acceptors (Lipinski definition) is 4. The summed E-state index contributed by atoms with van der Waals surface area (Å²) in [6.45, 7) is 9.57. The van der Waals surface area contributed by atoms with E-state index in [4.69, 9.17) is 14.6 Å².